The molecule has 2 aromatic heterocycles. The van der Waals surface area contributed by atoms with Crippen molar-refractivity contribution in [2.24, 2.45) is 0 Å². The zero-order valence-corrected chi connectivity index (χ0v) is 8.98. The van der Waals surface area contributed by atoms with Crippen molar-refractivity contribution in [3.63, 3.8) is 0 Å². The van der Waals surface area contributed by atoms with Crippen molar-refractivity contribution in [1.82, 2.24) is 9.97 Å². The van der Waals surface area contributed by atoms with Gasteiger partial charge in [-0.05, 0) is 18.2 Å². The molecule has 0 atom stereocenters. The van der Waals surface area contributed by atoms with Crippen LogP contribution in [0.25, 0.3) is 0 Å². The molecular formula is C11H8ClN3O. The van der Waals surface area contributed by atoms with Gasteiger partial charge in [0.05, 0.1) is 10.6 Å². The summed E-state index contributed by atoms with van der Waals surface area (Å²) in [5.41, 5.74) is 0.329. The number of nitrogens with zero attached hydrogens (tertiary/aromatic N) is 2. The lowest BCUT2D eigenvalue weighted by atomic mass is 10.2. The standard InChI is InChI=1S/C11H8ClN3O/c12-9-4-6-13-7-8(9)11(16)15-10-3-1-2-5-14-10/h1-7H,(H,14,15,16). The van der Waals surface area contributed by atoms with E-state index in [0.29, 0.717) is 16.4 Å². The summed E-state index contributed by atoms with van der Waals surface area (Å²) >= 11 is 5.86. The van der Waals surface area contributed by atoms with Gasteiger partial charge < -0.3 is 5.32 Å². The van der Waals surface area contributed by atoms with E-state index in [1.54, 1.807) is 30.5 Å². The molecule has 0 aliphatic rings. The minimum Gasteiger partial charge on any atom is -0.306 e. The fourth-order valence-corrected chi connectivity index (χ4v) is 1.36. The average molecular weight is 234 g/mol. The first kappa shape index (κ1) is 10.6. The Balaban J connectivity index is 2.19. The third-order valence-corrected chi connectivity index (χ3v) is 2.25. The molecule has 2 heterocycles. The highest BCUT2D eigenvalue weighted by atomic mass is 35.5. The SMILES string of the molecule is O=C(Nc1ccccn1)c1cnccc1Cl. The van der Waals surface area contributed by atoms with Gasteiger partial charge in [-0.25, -0.2) is 4.98 Å². The van der Waals surface area contributed by atoms with E-state index in [9.17, 15) is 4.79 Å². The van der Waals surface area contributed by atoms with Crippen molar-refractivity contribution >= 4 is 23.3 Å². The molecule has 4 nitrogen and oxygen atoms in total. The van der Waals surface area contributed by atoms with Crippen LogP contribution in [0.3, 0.4) is 0 Å². The molecular weight excluding hydrogens is 226 g/mol. The average Bonchev–Trinajstić information content (AvgIpc) is 2.31. The molecule has 1 amide bonds. The van der Waals surface area contributed by atoms with Crippen molar-refractivity contribution in [3.05, 3.63) is 53.4 Å². The lowest BCUT2D eigenvalue weighted by Crippen LogP contribution is -2.13. The lowest BCUT2D eigenvalue weighted by molar-refractivity contribution is 0.102. The molecule has 0 aliphatic heterocycles. The van der Waals surface area contributed by atoms with Crippen LogP contribution in [0, 0.1) is 0 Å². The summed E-state index contributed by atoms with van der Waals surface area (Å²) in [6.45, 7) is 0. The van der Waals surface area contributed by atoms with E-state index in [1.165, 1.54) is 12.4 Å². The summed E-state index contributed by atoms with van der Waals surface area (Å²) < 4.78 is 0. The fourth-order valence-electron chi connectivity index (χ4n) is 1.16. The highest BCUT2D eigenvalue weighted by Gasteiger charge is 2.10. The number of carbonyl (C=O) groups is 1. The van der Waals surface area contributed by atoms with Crippen molar-refractivity contribution in [3.8, 4) is 0 Å². The topological polar surface area (TPSA) is 54.9 Å². The second kappa shape index (κ2) is 4.72. The van der Waals surface area contributed by atoms with E-state index in [2.05, 4.69) is 15.3 Å². The minimum absolute atomic E-state index is 0.322. The normalized spacial score (nSPS) is 9.81. The molecule has 0 unspecified atom stereocenters. The summed E-state index contributed by atoms with van der Waals surface area (Å²) in [5, 5.41) is 2.99. The van der Waals surface area contributed by atoms with Crippen LogP contribution in [0.2, 0.25) is 5.02 Å². The van der Waals surface area contributed by atoms with E-state index in [-0.39, 0.29) is 5.91 Å². The largest absolute Gasteiger partial charge is 0.306 e. The Bertz CT molecular complexity index is 502. The Morgan fingerprint density at radius 2 is 2.12 bits per heavy atom. The van der Waals surface area contributed by atoms with E-state index >= 15 is 0 Å². The Morgan fingerprint density at radius 1 is 1.25 bits per heavy atom. The quantitative estimate of drug-likeness (QED) is 0.867. The number of amides is 1. The van der Waals surface area contributed by atoms with Gasteiger partial charge >= 0.3 is 0 Å². The van der Waals surface area contributed by atoms with Gasteiger partial charge in [0.25, 0.3) is 5.91 Å². The Hall–Kier alpha value is -1.94. The fraction of sp³-hybridized carbons (Fsp3) is 0. The molecule has 80 valence electrons. The summed E-state index contributed by atoms with van der Waals surface area (Å²) in [4.78, 5) is 19.6. The zero-order valence-electron chi connectivity index (χ0n) is 8.22. The number of hydrogen-bond donors (Lipinski definition) is 1. The molecule has 1 N–H and O–H groups in total. The van der Waals surface area contributed by atoms with Gasteiger partial charge in [0.15, 0.2) is 0 Å². The van der Waals surface area contributed by atoms with E-state index in [1.807, 2.05) is 0 Å². The van der Waals surface area contributed by atoms with Crippen molar-refractivity contribution in [1.29, 1.82) is 0 Å². The van der Waals surface area contributed by atoms with E-state index in [4.69, 9.17) is 11.6 Å². The van der Waals surface area contributed by atoms with E-state index in [0.717, 1.165) is 0 Å². The second-order valence-corrected chi connectivity index (χ2v) is 3.43. The van der Waals surface area contributed by atoms with Crippen LogP contribution >= 0.6 is 11.6 Å². The molecule has 0 spiro atoms. The number of anilines is 1. The number of pyridine rings is 2. The summed E-state index contributed by atoms with van der Waals surface area (Å²) in [6.07, 6.45) is 4.54. The van der Waals surface area contributed by atoms with Crippen LogP contribution in [0.4, 0.5) is 5.82 Å². The zero-order chi connectivity index (χ0) is 11.4. The number of hydrogen-bond acceptors (Lipinski definition) is 3. The molecule has 0 saturated carbocycles. The Morgan fingerprint density at radius 3 is 2.81 bits per heavy atom. The van der Waals surface area contributed by atoms with Crippen LogP contribution in [-0.4, -0.2) is 15.9 Å². The second-order valence-electron chi connectivity index (χ2n) is 3.02. The van der Waals surface area contributed by atoms with Gasteiger partial charge in [0.1, 0.15) is 5.82 Å². The highest BCUT2D eigenvalue weighted by Crippen LogP contribution is 2.14. The first-order chi connectivity index (χ1) is 7.77. The molecule has 0 saturated heterocycles. The van der Waals surface area contributed by atoms with Gasteiger partial charge in [-0.15, -0.1) is 0 Å². The number of rotatable bonds is 2. The maximum absolute atomic E-state index is 11.8. The van der Waals surface area contributed by atoms with Crippen LogP contribution < -0.4 is 5.32 Å². The van der Waals surface area contributed by atoms with E-state index < -0.39 is 0 Å². The van der Waals surface area contributed by atoms with Crippen LogP contribution in [-0.2, 0) is 0 Å². The number of nitrogens with one attached hydrogen (secondary N) is 1. The number of halogens is 1. The maximum Gasteiger partial charge on any atom is 0.259 e. The van der Waals surface area contributed by atoms with Crippen molar-refractivity contribution in [2.75, 3.05) is 5.32 Å². The first-order valence-corrected chi connectivity index (χ1v) is 4.97. The summed E-state index contributed by atoms with van der Waals surface area (Å²) in [7, 11) is 0. The Labute approximate surface area is 97.3 Å². The van der Waals surface area contributed by atoms with Gasteiger partial charge in [-0.1, -0.05) is 17.7 Å². The molecule has 16 heavy (non-hydrogen) atoms. The molecule has 5 heteroatoms. The van der Waals surface area contributed by atoms with Gasteiger partial charge in [0.2, 0.25) is 0 Å². The van der Waals surface area contributed by atoms with Crippen LogP contribution in [0.1, 0.15) is 10.4 Å². The van der Waals surface area contributed by atoms with Crippen molar-refractivity contribution in [2.45, 2.75) is 0 Å². The Kier molecular flexibility index (Phi) is 3.12. The molecule has 0 bridgehead atoms. The monoisotopic (exact) mass is 233 g/mol. The van der Waals surface area contributed by atoms with Crippen molar-refractivity contribution < 1.29 is 4.79 Å². The smallest absolute Gasteiger partial charge is 0.259 e. The van der Waals surface area contributed by atoms with Gasteiger partial charge in [-0.2, -0.15) is 0 Å². The van der Waals surface area contributed by atoms with Gasteiger partial charge in [-0.3, -0.25) is 9.78 Å². The predicted molar refractivity (Wildman–Crippen MR) is 61.4 cm³/mol. The van der Waals surface area contributed by atoms with Crippen LogP contribution in [0.15, 0.2) is 42.9 Å². The maximum atomic E-state index is 11.8. The third kappa shape index (κ3) is 2.35. The molecule has 0 fully saturated rings. The molecule has 0 aliphatic carbocycles. The molecule has 2 aromatic rings. The third-order valence-electron chi connectivity index (χ3n) is 1.92. The molecule has 0 aromatic carbocycles. The molecule has 0 radical (unpaired) electrons. The predicted octanol–water partition coefficient (Wildman–Crippen LogP) is 2.38. The summed E-state index contributed by atoms with van der Waals surface area (Å²) in [6, 6.07) is 6.82. The number of aromatic nitrogens is 2. The van der Waals surface area contributed by atoms with Gasteiger partial charge in [0, 0.05) is 18.6 Å². The minimum atomic E-state index is -0.322. The highest BCUT2D eigenvalue weighted by molar-refractivity contribution is 6.34. The molecule has 2 rings (SSSR count). The van der Waals surface area contributed by atoms with Crippen LogP contribution in [0.5, 0.6) is 0 Å². The number of carbonyl (C=O) groups excluding carboxylic acids is 1. The first-order valence-electron chi connectivity index (χ1n) is 4.59. The summed E-state index contributed by atoms with van der Waals surface area (Å²) in [5.74, 6) is 0.157. The lowest BCUT2D eigenvalue weighted by Gasteiger charge is -2.04.